The highest BCUT2D eigenvalue weighted by Crippen LogP contribution is 2.44. The Hall–Kier alpha value is -8.41. The van der Waals surface area contributed by atoms with Gasteiger partial charge in [0.25, 0.3) is 0 Å². The molecular weight excluding hydrogens is 755 g/mol. The molecule has 11 aromatic carbocycles. The minimum Gasteiger partial charge on any atom is -0.278 e. The third-order valence-corrected chi connectivity index (χ3v) is 13.1. The largest absolute Gasteiger partial charge is 0.278 e. The molecule has 0 spiro atoms. The Balaban J connectivity index is 1.20. The molecule has 0 saturated carbocycles. The van der Waals surface area contributed by atoms with Gasteiger partial charge in [-0.3, -0.25) is 9.13 Å². The minimum absolute atomic E-state index is 0.560. The summed E-state index contributed by atoms with van der Waals surface area (Å²) in [6, 6.07) is 72.1. The molecule has 0 saturated heterocycles. The minimum atomic E-state index is 0.560. The lowest BCUT2D eigenvalue weighted by molar-refractivity contribution is 0.893. The van der Waals surface area contributed by atoms with Crippen LogP contribution in [0.1, 0.15) is 0 Å². The average Bonchev–Trinajstić information content (AvgIpc) is 3.85. The molecule has 0 bridgehead atoms. The summed E-state index contributed by atoms with van der Waals surface area (Å²) in [5, 5.41) is 19.3. The van der Waals surface area contributed by atoms with Crippen LogP contribution in [0.4, 0.5) is 0 Å². The van der Waals surface area contributed by atoms with Gasteiger partial charge >= 0.3 is 0 Å². The van der Waals surface area contributed by atoms with Crippen molar-refractivity contribution in [2.24, 2.45) is 0 Å². The zero-order valence-corrected chi connectivity index (χ0v) is 33.3. The Labute approximate surface area is 354 Å². The molecule has 0 fully saturated rings. The second-order valence-electron chi connectivity index (χ2n) is 16.3. The normalized spacial score (nSPS) is 12.2. The lowest BCUT2D eigenvalue weighted by Crippen LogP contribution is -2.10. The third-order valence-electron chi connectivity index (χ3n) is 13.1. The summed E-state index contributed by atoms with van der Waals surface area (Å²) in [4.78, 5) is 16.3. The second-order valence-corrected chi connectivity index (χ2v) is 16.3. The number of nitrogens with zero attached hydrogens (tertiary/aromatic N) is 5. The van der Waals surface area contributed by atoms with E-state index in [-0.39, 0.29) is 0 Å². The van der Waals surface area contributed by atoms with Gasteiger partial charge in [-0.05, 0) is 101 Å². The number of para-hydroxylation sites is 2. The van der Waals surface area contributed by atoms with Gasteiger partial charge in [0.2, 0.25) is 11.9 Å². The maximum absolute atomic E-state index is 5.53. The zero-order valence-electron chi connectivity index (χ0n) is 33.3. The first kappa shape index (κ1) is 33.4. The van der Waals surface area contributed by atoms with E-state index in [4.69, 9.17) is 15.0 Å². The van der Waals surface area contributed by atoms with Crippen LogP contribution in [0.25, 0.3) is 132 Å². The molecule has 14 rings (SSSR count). The molecule has 14 aromatic rings. The number of benzene rings is 11. The summed E-state index contributed by atoms with van der Waals surface area (Å²) in [5.41, 5.74) is 5.08. The van der Waals surface area contributed by atoms with Gasteiger partial charge in [-0.25, -0.2) is 0 Å². The second kappa shape index (κ2) is 12.6. The summed E-state index contributed by atoms with van der Waals surface area (Å²) in [6.45, 7) is 0. The van der Waals surface area contributed by atoms with Gasteiger partial charge in [0, 0.05) is 27.1 Å². The molecule has 0 unspecified atom stereocenters. The van der Waals surface area contributed by atoms with Crippen molar-refractivity contribution in [3.05, 3.63) is 200 Å². The maximum atomic E-state index is 5.53. The first-order valence-electron chi connectivity index (χ1n) is 21.1. The maximum Gasteiger partial charge on any atom is 0.240 e. The molecule has 286 valence electrons. The van der Waals surface area contributed by atoms with Crippen LogP contribution >= 0.6 is 0 Å². The highest BCUT2D eigenvalue weighted by molar-refractivity contribution is 6.32. The topological polar surface area (TPSA) is 48.5 Å². The Morgan fingerprint density at radius 1 is 0.226 bits per heavy atom. The summed E-state index contributed by atoms with van der Waals surface area (Å²) in [7, 11) is 0. The van der Waals surface area contributed by atoms with Crippen LogP contribution in [-0.4, -0.2) is 24.1 Å². The SMILES string of the molecule is c1ccc(-c2nc(-n3c4ccccc4c4ccccc43)nc(-n3c4cc5c6ccccc6c6ccccc6c5cc4c4cc5c6ccccc6c6ccccc6c5cc43)n2)cc1. The van der Waals surface area contributed by atoms with E-state index >= 15 is 0 Å². The van der Waals surface area contributed by atoms with E-state index in [9.17, 15) is 0 Å². The molecule has 3 heterocycles. The van der Waals surface area contributed by atoms with Crippen molar-refractivity contribution in [2.75, 3.05) is 0 Å². The highest BCUT2D eigenvalue weighted by Gasteiger charge is 2.23. The van der Waals surface area contributed by atoms with E-state index in [1.165, 1.54) is 64.6 Å². The van der Waals surface area contributed by atoms with Gasteiger partial charge in [-0.2, -0.15) is 15.0 Å². The van der Waals surface area contributed by atoms with Crippen molar-refractivity contribution in [3.63, 3.8) is 0 Å². The van der Waals surface area contributed by atoms with Crippen LogP contribution in [0.5, 0.6) is 0 Å². The highest BCUT2D eigenvalue weighted by atomic mass is 15.3. The molecule has 0 aliphatic carbocycles. The van der Waals surface area contributed by atoms with Gasteiger partial charge in [-0.15, -0.1) is 0 Å². The molecule has 62 heavy (non-hydrogen) atoms. The van der Waals surface area contributed by atoms with E-state index in [0.29, 0.717) is 17.7 Å². The van der Waals surface area contributed by atoms with Crippen LogP contribution in [0.3, 0.4) is 0 Å². The summed E-state index contributed by atoms with van der Waals surface area (Å²) >= 11 is 0. The van der Waals surface area contributed by atoms with Gasteiger partial charge in [0.05, 0.1) is 22.1 Å². The number of hydrogen-bond acceptors (Lipinski definition) is 3. The zero-order chi connectivity index (χ0) is 40.5. The number of aromatic nitrogens is 5. The number of hydrogen-bond donors (Lipinski definition) is 0. The predicted octanol–water partition coefficient (Wildman–Crippen LogP) is 14.7. The fourth-order valence-electron chi connectivity index (χ4n) is 10.4. The van der Waals surface area contributed by atoms with E-state index < -0.39 is 0 Å². The molecule has 0 aliphatic rings. The van der Waals surface area contributed by atoms with Crippen molar-refractivity contribution >= 4 is 108 Å². The fourth-order valence-corrected chi connectivity index (χ4v) is 10.4. The number of fused-ring (bicyclic) bond motifs is 18. The van der Waals surface area contributed by atoms with Gasteiger partial charge in [-0.1, -0.05) is 164 Å². The van der Waals surface area contributed by atoms with Crippen LogP contribution in [0.2, 0.25) is 0 Å². The van der Waals surface area contributed by atoms with E-state index in [0.717, 1.165) is 49.2 Å². The van der Waals surface area contributed by atoms with Crippen LogP contribution < -0.4 is 0 Å². The lowest BCUT2D eigenvalue weighted by atomic mass is 9.92. The molecule has 0 N–H and O–H groups in total. The molecule has 5 heteroatoms. The molecule has 5 nitrogen and oxygen atoms in total. The third kappa shape index (κ3) is 4.59. The first-order valence-corrected chi connectivity index (χ1v) is 21.1. The van der Waals surface area contributed by atoms with Crippen molar-refractivity contribution in [3.8, 4) is 23.3 Å². The Morgan fingerprint density at radius 2 is 0.532 bits per heavy atom. The van der Waals surface area contributed by atoms with E-state index in [1.54, 1.807) is 0 Å². The Morgan fingerprint density at radius 3 is 0.935 bits per heavy atom. The quantitative estimate of drug-likeness (QED) is 0.168. The Bertz CT molecular complexity index is 3990. The standard InChI is InChI=1S/C57H33N5/c1-2-16-34(17-3-1)55-58-56(61-51-28-14-12-26-43(51)44-27-13-15-29-52(44)61)60-57(59-55)62-53-32-47-41-24-10-6-20-37(41)35-18-4-8-22-39(35)45(47)30-49(53)50-31-46-40-23-9-5-19-36(40)38-21-7-11-25-42(38)48(46)33-54(50)62/h1-33H. The smallest absolute Gasteiger partial charge is 0.240 e. The average molecular weight is 788 g/mol. The molecule has 0 aliphatic heterocycles. The summed E-state index contributed by atoms with van der Waals surface area (Å²) in [6.07, 6.45) is 0. The predicted molar refractivity (Wildman–Crippen MR) is 259 cm³/mol. The molecule has 0 amide bonds. The van der Waals surface area contributed by atoms with Crippen LogP contribution in [0.15, 0.2) is 200 Å². The molecule has 3 aromatic heterocycles. The van der Waals surface area contributed by atoms with Crippen molar-refractivity contribution < 1.29 is 0 Å². The molecule has 0 atom stereocenters. The molecular formula is C57H33N5. The van der Waals surface area contributed by atoms with Crippen LogP contribution in [0, 0.1) is 0 Å². The van der Waals surface area contributed by atoms with Crippen molar-refractivity contribution in [2.45, 2.75) is 0 Å². The summed E-state index contributed by atoms with van der Waals surface area (Å²) in [5.74, 6) is 1.73. The van der Waals surface area contributed by atoms with Gasteiger partial charge < -0.3 is 0 Å². The monoisotopic (exact) mass is 787 g/mol. The van der Waals surface area contributed by atoms with Crippen LogP contribution in [-0.2, 0) is 0 Å². The van der Waals surface area contributed by atoms with Crippen molar-refractivity contribution in [1.82, 2.24) is 24.1 Å². The summed E-state index contributed by atoms with van der Waals surface area (Å²) < 4.78 is 4.49. The van der Waals surface area contributed by atoms with E-state index in [2.05, 4.69) is 191 Å². The van der Waals surface area contributed by atoms with Gasteiger partial charge in [0.15, 0.2) is 5.82 Å². The molecule has 0 radical (unpaired) electrons. The Kier molecular flexibility index (Phi) is 6.77. The van der Waals surface area contributed by atoms with Gasteiger partial charge in [0.1, 0.15) is 0 Å². The van der Waals surface area contributed by atoms with Crippen molar-refractivity contribution in [1.29, 1.82) is 0 Å². The number of rotatable bonds is 3. The first-order chi connectivity index (χ1) is 30.8. The van der Waals surface area contributed by atoms with E-state index in [1.807, 2.05) is 18.2 Å². The lowest BCUT2D eigenvalue weighted by Gasteiger charge is -2.14. The fraction of sp³-hybridized carbons (Fsp3) is 0.